The summed E-state index contributed by atoms with van der Waals surface area (Å²) in [6, 6.07) is 5.04. The number of hydrogen-bond donors (Lipinski definition) is 2. The monoisotopic (exact) mass is 377 g/mol. The predicted molar refractivity (Wildman–Crippen MR) is 98.5 cm³/mol. The lowest BCUT2D eigenvalue weighted by molar-refractivity contribution is 0.0934. The quantitative estimate of drug-likeness (QED) is 0.810. The summed E-state index contributed by atoms with van der Waals surface area (Å²) < 4.78 is 30.0. The van der Waals surface area contributed by atoms with Crippen molar-refractivity contribution in [2.24, 2.45) is 0 Å². The lowest BCUT2D eigenvalue weighted by atomic mass is 10.0. The Morgan fingerprint density at radius 1 is 1.37 bits per heavy atom. The van der Waals surface area contributed by atoms with Crippen LogP contribution in [0.1, 0.15) is 41.0 Å². The van der Waals surface area contributed by atoms with Gasteiger partial charge in [0.25, 0.3) is 5.91 Å². The van der Waals surface area contributed by atoms with Crippen LogP contribution < -0.4 is 10.6 Å². The second-order valence-electron chi connectivity index (χ2n) is 7.01. The van der Waals surface area contributed by atoms with E-state index >= 15 is 0 Å². The van der Waals surface area contributed by atoms with Gasteiger partial charge >= 0.3 is 0 Å². The Kier molecular flexibility index (Phi) is 6.18. The number of hydrogen-bond acceptors (Lipinski definition) is 4. The molecule has 1 aliphatic rings. The molecule has 3 rings (SSSR count). The average Bonchev–Trinajstić information content (AvgIpc) is 3.14. The lowest BCUT2D eigenvalue weighted by Gasteiger charge is -2.25. The van der Waals surface area contributed by atoms with Gasteiger partial charge in [0.15, 0.2) is 0 Å². The largest absolute Gasteiger partial charge is 0.349 e. The van der Waals surface area contributed by atoms with Crippen molar-refractivity contribution in [2.75, 3.05) is 33.7 Å². The van der Waals surface area contributed by atoms with Gasteiger partial charge in [0.1, 0.15) is 17.3 Å². The molecule has 1 saturated heterocycles. The number of nitrogens with one attached hydrogen (secondary N) is 2. The molecule has 2 aromatic rings. The molecule has 1 aliphatic heterocycles. The maximum Gasteiger partial charge on any atom is 0.271 e. The zero-order chi connectivity index (χ0) is 19.4. The van der Waals surface area contributed by atoms with E-state index in [0.29, 0.717) is 5.69 Å². The van der Waals surface area contributed by atoms with E-state index in [0.717, 1.165) is 25.9 Å². The fourth-order valence-electron chi connectivity index (χ4n) is 3.37. The highest BCUT2D eigenvalue weighted by molar-refractivity contribution is 5.92. The predicted octanol–water partition coefficient (Wildman–Crippen LogP) is 2.12. The average molecular weight is 377 g/mol. The third-order valence-corrected chi connectivity index (χ3v) is 4.90. The maximum absolute atomic E-state index is 14.1. The highest BCUT2D eigenvalue weighted by Gasteiger charge is 2.24. The summed E-state index contributed by atoms with van der Waals surface area (Å²) in [5, 5.41) is 10.4. The number of piperidine rings is 1. The minimum Gasteiger partial charge on any atom is -0.349 e. The molecule has 0 radical (unpaired) electrons. The Labute approximate surface area is 157 Å². The van der Waals surface area contributed by atoms with Gasteiger partial charge in [-0.25, -0.2) is 8.78 Å². The van der Waals surface area contributed by atoms with Crippen molar-refractivity contribution >= 4 is 5.91 Å². The van der Waals surface area contributed by atoms with Gasteiger partial charge in [-0.1, -0.05) is 6.07 Å². The first-order valence-electron chi connectivity index (χ1n) is 9.11. The summed E-state index contributed by atoms with van der Waals surface area (Å²) in [5.41, 5.74) is 0.244. The number of likely N-dealkylation sites (N-methyl/N-ethyl adjacent to an activating group) is 1. The van der Waals surface area contributed by atoms with Gasteiger partial charge in [-0.3, -0.25) is 9.48 Å². The molecular weight excluding hydrogens is 352 g/mol. The van der Waals surface area contributed by atoms with Crippen molar-refractivity contribution in [1.82, 2.24) is 25.3 Å². The summed E-state index contributed by atoms with van der Waals surface area (Å²) >= 11 is 0. The van der Waals surface area contributed by atoms with Crippen LogP contribution in [0.2, 0.25) is 0 Å². The Morgan fingerprint density at radius 2 is 2.11 bits per heavy atom. The highest BCUT2D eigenvalue weighted by Crippen LogP contribution is 2.24. The zero-order valence-corrected chi connectivity index (χ0v) is 15.6. The summed E-state index contributed by atoms with van der Waals surface area (Å²) in [4.78, 5) is 14.1. The maximum atomic E-state index is 14.1. The summed E-state index contributed by atoms with van der Waals surface area (Å²) in [6.45, 7) is 1.91. The Hall–Kier alpha value is -2.32. The van der Waals surface area contributed by atoms with Crippen molar-refractivity contribution in [3.05, 3.63) is 53.4 Å². The van der Waals surface area contributed by atoms with Crippen molar-refractivity contribution in [2.45, 2.75) is 24.9 Å². The fourth-order valence-corrected chi connectivity index (χ4v) is 3.37. The number of rotatable bonds is 6. The molecule has 2 N–H and O–H groups in total. The van der Waals surface area contributed by atoms with Gasteiger partial charge in [-0.2, -0.15) is 5.10 Å². The van der Waals surface area contributed by atoms with Crippen LogP contribution in [0.4, 0.5) is 8.78 Å². The Bertz CT molecular complexity index is 766. The van der Waals surface area contributed by atoms with E-state index in [4.69, 9.17) is 0 Å². The van der Waals surface area contributed by atoms with Gasteiger partial charge in [0.2, 0.25) is 0 Å². The molecule has 27 heavy (non-hydrogen) atoms. The van der Waals surface area contributed by atoms with Crippen molar-refractivity contribution in [3.8, 4) is 0 Å². The van der Waals surface area contributed by atoms with Crippen molar-refractivity contribution in [1.29, 1.82) is 0 Å². The molecule has 0 aliphatic carbocycles. The number of halogens is 2. The van der Waals surface area contributed by atoms with Crippen LogP contribution in [-0.2, 0) is 0 Å². The van der Waals surface area contributed by atoms with E-state index in [1.54, 1.807) is 35.9 Å². The number of carbonyl (C=O) groups excluding carboxylic acids is 1. The number of amides is 1. The molecule has 1 aromatic heterocycles. The standard InChI is InChI=1S/C19H25F2N5O/c1-25(2)17(18-14(20)6-3-7-15(18)21)12-23-19(27)16-8-10-26(24-16)13-5-4-9-22-11-13/h3,6-8,10,13,17,22H,4-5,9,11-12H2,1-2H3,(H,23,27). The molecule has 2 unspecified atom stereocenters. The van der Waals surface area contributed by atoms with Crippen LogP contribution >= 0.6 is 0 Å². The second-order valence-corrected chi connectivity index (χ2v) is 7.01. The van der Waals surface area contributed by atoms with Crippen molar-refractivity contribution < 1.29 is 13.6 Å². The third kappa shape index (κ3) is 4.51. The lowest BCUT2D eigenvalue weighted by Crippen LogP contribution is -2.36. The molecule has 8 heteroatoms. The molecule has 2 atom stereocenters. The van der Waals surface area contributed by atoms with E-state index < -0.39 is 17.7 Å². The van der Waals surface area contributed by atoms with Gasteiger partial charge < -0.3 is 15.5 Å². The Balaban J connectivity index is 1.67. The Morgan fingerprint density at radius 3 is 2.74 bits per heavy atom. The first-order chi connectivity index (χ1) is 13.0. The van der Waals surface area contributed by atoms with E-state index in [1.807, 2.05) is 0 Å². The second kappa shape index (κ2) is 8.58. The first-order valence-corrected chi connectivity index (χ1v) is 9.11. The normalized spacial score (nSPS) is 18.5. The molecule has 0 spiro atoms. The number of aromatic nitrogens is 2. The van der Waals surface area contributed by atoms with Crippen LogP contribution in [-0.4, -0.2) is 54.3 Å². The van der Waals surface area contributed by atoms with Crippen molar-refractivity contribution in [3.63, 3.8) is 0 Å². The van der Waals surface area contributed by atoms with Crippen LogP contribution in [0.3, 0.4) is 0 Å². The molecule has 146 valence electrons. The summed E-state index contributed by atoms with van der Waals surface area (Å²) in [6.07, 6.45) is 3.89. The molecule has 1 amide bonds. The zero-order valence-electron chi connectivity index (χ0n) is 15.6. The van der Waals surface area contributed by atoms with Gasteiger partial charge in [0.05, 0.1) is 12.1 Å². The first kappa shape index (κ1) is 19.4. The van der Waals surface area contributed by atoms with Crippen LogP contribution in [0, 0.1) is 11.6 Å². The van der Waals surface area contributed by atoms with E-state index in [9.17, 15) is 13.6 Å². The van der Waals surface area contributed by atoms with Gasteiger partial charge in [-0.05, 0) is 51.7 Å². The minimum absolute atomic E-state index is 0.0541. The van der Waals surface area contributed by atoms with Crippen LogP contribution in [0.15, 0.2) is 30.5 Å². The smallest absolute Gasteiger partial charge is 0.271 e. The molecular formula is C19H25F2N5O. The fraction of sp³-hybridized carbons (Fsp3) is 0.474. The molecule has 0 saturated carbocycles. The highest BCUT2D eigenvalue weighted by atomic mass is 19.1. The molecule has 1 aromatic carbocycles. The summed E-state index contributed by atoms with van der Waals surface area (Å²) in [5.74, 6) is -1.62. The summed E-state index contributed by atoms with van der Waals surface area (Å²) in [7, 11) is 3.43. The number of carbonyl (C=O) groups is 1. The van der Waals surface area contributed by atoms with E-state index in [-0.39, 0.29) is 24.1 Å². The van der Waals surface area contributed by atoms with E-state index in [1.165, 1.54) is 18.2 Å². The number of nitrogens with zero attached hydrogens (tertiary/aromatic N) is 3. The number of benzene rings is 1. The van der Waals surface area contributed by atoms with Crippen LogP contribution in [0.5, 0.6) is 0 Å². The van der Waals surface area contributed by atoms with Gasteiger partial charge in [-0.15, -0.1) is 0 Å². The molecule has 2 heterocycles. The minimum atomic E-state index is -0.628. The third-order valence-electron chi connectivity index (χ3n) is 4.90. The SMILES string of the molecule is CN(C)C(CNC(=O)c1ccn(C2CCCNC2)n1)c1c(F)cccc1F. The van der Waals surface area contributed by atoms with Gasteiger partial charge in [0, 0.05) is 24.8 Å². The molecule has 1 fully saturated rings. The van der Waals surface area contributed by atoms with Crippen LogP contribution in [0.25, 0.3) is 0 Å². The van der Waals surface area contributed by atoms with E-state index in [2.05, 4.69) is 15.7 Å². The molecule has 6 nitrogen and oxygen atoms in total. The topological polar surface area (TPSA) is 62.2 Å². The molecule has 0 bridgehead atoms.